The molecule has 3 rings (SSSR count). The Morgan fingerprint density at radius 2 is 2.00 bits per heavy atom. The Labute approximate surface area is 148 Å². The second kappa shape index (κ2) is 6.04. The third-order valence-electron chi connectivity index (χ3n) is 5.46. The zero-order valence-electron chi connectivity index (χ0n) is 15.3. The van der Waals surface area contributed by atoms with Gasteiger partial charge in [-0.3, -0.25) is 10.2 Å². The van der Waals surface area contributed by atoms with Crippen LogP contribution in [0.1, 0.15) is 52.9 Å². The van der Waals surface area contributed by atoms with Crippen LogP contribution in [-0.4, -0.2) is 52.4 Å². The maximum Gasteiger partial charge on any atom is 0.417 e. The molecule has 1 saturated carbocycles. The van der Waals surface area contributed by atoms with E-state index in [2.05, 4.69) is 0 Å². The van der Waals surface area contributed by atoms with Gasteiger partial charge in [-0.15, -0.1) is 0 Å². The number of hydrogen-bond donors (Lipinski definition) is 2. The van der Waals surface area contributed by atoms with E-state index in [1.165, 1.54) is 11.1 Å². The second-order valence-electron chi connectivity index (χ2n) is 8.26. The Kier molecular flexibility index (Phi) is 4.29. The zero-order chi connectivity index (χ0) is 18.4. The molecule has 0 aromatic rings. The molecule has 3 N–H and O–H groups in total. The monoisotopic (exact) mass is 348 g/mol. The fourth-order valence-corrected chi connectivity index (χ4v) is 4.26. The van der Waals surface area contributed by atoms with Crippen molar-refractivity contribution in [2.45, 2.75) is 64.5 Å². The van der Waals surface area contributed by atoms with Crippen LogP contribution in [0.4, 0.5) is 4.79 Å². The molecule has 25 heavy (non-hydrogen) atoms. The van der Waals surface area contributed by atoms with Crippen molar-refractivity contribution in [3.63, 3.8) is 0 Å². The van der Waals surface area contributed by atoms with Gasteiger partial charge in [0.25, 0.3) is 0 Å². The highest BCUT2D eigenvalue weighted by Crippen LogP contribution is 2.47. The van der Waals surface area contributed by atoms with Crippen LogP contribution in [0.2, 0.25) is 0 Å². The summed E-state index contributed by atoms with van der Waals surface area (Å²) >= 11 is 0. The minimum atomic E-state index is -0.884. The van der Waals surface area contributed by atoms with Gasteiger partial charge in [-0.05, 0) is 40.0 Å². The van der Waals surface area contributed by atoms with Gasteiger partial charge in [0.15, 0.2) is 0 Å². The van der Waals surface area contributed by atoms with E-state index in [-0.39, 0.29) is 5.91 Å². The SMILES string of the molecule is CC(C)(C)OC(=O)N1CCC2(CN(C3CCCC3)C(=N)/C2=C\N)C1=O. The van der Waals surface area contributed by atoms with E-state index in [9.17, 15) is 9.59 Å². The van der Waals surface area contributed by atoms with Crippen molar-refractivity contribution in [2.75, 3.05) is 13.1 Å². The second-order valence-corrected chi connectivity index (χ2v) is 8.26. The molecular weight excluding hydrogens is 320 g/mol. The van der Waals surface area contributed by atoms with Crippen LogP contribution < -0.4 is 5.73 Å². The molecule has 7 heteroatoms. The topological polar surface area (TPSA) is 99.7 Å². The van der Waals surface area contributed by atoms with Crippen molar-refractivity contribution < 1.29 is 14.3 Å². The quantitative estimate of drug-likeness (QED) is 0.757. The first-order valence-corrected chi connectivity index (χ1v) is 9.02. The van der Waals surface area contributed by atoms with Gasteiger partial charge in [-0.25, -0.2) is 9.69 Å². The smallest absolute Gasteiger partial charge is 0.417 e. The predicted octanol–water partition coefficient (Wildman–Crippen LogP) is 2.22. The summed E-state index contributed by atoms with van der Waals surface area (Å²) in [7, 11) is 0. The van der Waals surface area contributed by atoms with Crippen molar-refractivity contribution in [1.82, 2.24) is 9.80 Å². The molecule has 3 fully saturated rings. The van der Waals surface area contributed by atoms with E-state index in [1.54, 1.807) is 20.8 Å². The molecule has 1 atom stereocenters. The number of nitrogens with zero attached hydrogens (tertiary/aromatic N) is 2. The molecule has 7 nitrogen and oxygen atoms in total. The summed E-state index contributed by atoms with van der Waals surface area (Å²) in [5.74, 6) is 0.0532. The number of amidine groups is 1. The van der Waals surface area contributed by atoms with Gasteiger partial charge in [0.05, 0.1) is 5.41 Å². The number of nitrogens with two attached hydrogens (primary N) is 1. The van der Waals surface area contributed by atoms with Gasteiger partial charge >= 0.3 is 6.09 Å². The number of carbonyl (C=O) groups excluding carboxylic acids is 2. The molecule has 2 amide bonds. The molecule has 2 aliphatic heterocycles. The first-order valence-electron chi connectivity index (χ1n) is 9.02. The van der Waals surface area contributed by atoms with E-state index < -0.39 is 17.1 Å². The maximum atomic E-state index is 13.1. The number of likely N-dealkylation sites (tertiary alicyclic amines) is 2. The Bertz CT molecular complexity index is 631. The van der Waals surface area contributed by atoms with Gasteiger partial charge in [-0.2, -0.15) is 0 Å². The summed E-state index contributed by atoms with van der Waals surface area (Å²) in [5.41, 5.74) is 4.82. The Morgan fingerprint density at radius 3 is 2.56 bits per heavy atom. The van der Waals surface area contributed by atoms with Crippen molar-refractivity contribution in [3.8, 4) is 0 Å². The fraction of sp³-hybridized carbons (Fsp3) is 0.722. The highest BCUT2D eigenvalue weighted by atomic mass is 16.6. The van der Waals surface area contributed by atoms with Gasteiger partial charge in [-0.1, -0.05) is 12.8 Å². The molecule has 1 unspecified atom stereocenters. The lowest BCUT2D eigenvalue weighted by Gasteiger charge is -2.28. The van der Waals surface area contributed by atoms with Crippen LogP contribution in [0.25, 0.3) is 0 Å². The lowest BCUT2D eigenvalue weighted by atomic mass is 9.81. The molecule has 2 heterocycles. The van der Waals surface area contributed by atoms with Crippen LogP contribution in [0.3, 0.4) is 0 Å². The lowest BCUT2D eigenvalue weighted by molar-refractivity contribution is -0.133. The molecule has 138 valence electrons. The molecule has 1 aliphatic carbocycles. The predicted molar refractivity (Wildman–Crippen MR) is 94.0 cm³/mol. The zero-order valence-corrected chi connectivity index (χ0v) is 15.3. The van der Waals surface area contributed by atoms with Gasteiger partial charge < -0.3 is 15.4 Å². The molecule has 3 aliphatic rings. The minimum Gasteiger partial charge on any atom is -0.443 e. The first-order chi connectivity index (χ1) is 11.7. The van der Waals surface area contributed by atoms with Crippen LogP contribution in [0.15, 0.2) is 11.8 Å². The third-order valence-corrected chi connectivity index (χ3v) is 5.46. The van der Waals surface area contributed by atoms with Crippen LogP contribution in [0.5, 0.6) is 0 Å². The average molecular weight is 348 g/mol. The molecule has 2 saturated heterocycles. The van der Waals surface area contributed by atoms with Crippen molar-refractivity contribution in [1.29, 1.82) is 5.41 Å². The lowest BCUT2D eigenvalue weighted by Crippen LogP contribution is -2.43. The van der Waals surface area contributed by atoms with E-state index in [0.717, 1.165) is 25.7 Å². The Morgan fingerprint density at radius 1 is 1.36 bits per heavy atom. The van der Waals surface area contributed by atoms with Crippen LogP contribution in [0, 0.1) is 10.8 Å². The third kappa shape index (κ3) is 2.89. The summed E-state index contributed by atoms with van der Waals surface area (Å²) < 4.78 is 5.37. The number of nitrogens with one attached hydrogen (secondary N) is 1. The van der Waals surface area contributed by atoms with E-state index in [4.69, 9.17) is 15.9 Å². The largest absolute Gasteiger partial charge is 0.443 e. The van der Waals surface area contributed by atoms with Gasteiger partial charge in [0.2, 0.25) is 5.91 Å². The summed E-state index contributed by atoms with van der Waals surface area (Å²) in [6.07, 6.45) is 5.65. The highest BCUT2D eigenvalue weighted by molar-refractivity contribution is 6.11. The van der Waals surface area contributed by atoms with Crippen LogP contribution >= 0.6 is 0 Å². The summed E-state index contributed by atoms with van der Waals surface area (Å²) in [6.45, 7) is 6.08. The van der Waals surface area contributed by atoms with E-state index in [1.807, 2.05) is 4.90 Å². The molecule has 0 aromatic heterocycles. The Balaban J connectivity index is 1.84. The number of hydrogen-bond acceptors (Lipinski definition) is 5. The first kappa shape index (κ1) is 17.8. The normalized spacial score (nSPS) is 29.5. The van der Waals surface area contributed by atoms with Gasteiger partial charge in [0, 0.05) is 30.9 Å². The van der Waals surface area contributed by atoms with Gasteiger partial charge in [0.1, 0.15) is 11.4 Å². The van der Waals surface area contributed by atoms with Crippen molar-refractivity contribution >= 4 is 17.8 Å². The highest BCUT2D eigenvalue weighted by Gasteiger charge is 2.58. The molecule has 0 bridgehead atoms. The minimum absolute atomic E-state index is 0.288. The summed E-state index contributed by atoms with van der Waals surface area (Å²) in [4.78, 5) is 28.7. The number of rotatable bonds is 1. The molecule has 0 radical (unpaired) electrons. The number of amides is 2. The fourth-order valence-electron chi connectivity index (χ4n) is 4.26. The van der Waals surface area contributed by atoms with Crippen molar-refractivity contribution in [3.05, 3.63) is 11.8 Å². The summed E-state index contributed by atoms with van der Waals surface area (Å²) in [5, 5.41) is 8.52. The molecular formula is C18H28N4O3. The van der Waals surface area contributed by atoms with Crippen molar-refractivity contribution in [2.24, 2.45) is 11.1 Å². The maximum absolute atomic E-state index is 13.1. The molecule has 0 aromatic carbocycles. The van der Waals surface area contributed by atoms with E-state index >= 15 is 0 Å². The van der Waals surface area contributed by atoms with Crippen LogP contribution in [-0.2, 0) is 9.53 Å². The average Bonchev–Trinajstić information content (AvgIpc) is 3.19. The van der Waals surface area contributed by atoms with E-state index in [0.29, 0.717) is 37.0 Å². The number of imide groups is 1. The molecule has 1 spiro atoms. The summed E-state index contributed by atoms with van der Waals surface area (Å²) in [6, 6.07) is 0.296. The number of carbonyl (C=O) groups is 2. The Hall–Kier alpha value is -2.05. The number of ether oxygens (including phenoxy) is 1. The standard InChI is InChI=1S/C18H28N4O3/c1-17(2,3)25-16(24)21-9-8-18(15(21)23)11-22(12-6-4-5-7-12)14(20)13(18)10-19/h10,12,20H,4-9,11,19H2,1-3H3/b13-10+,20-14?.